The van der Waals surface area contributed by atoms with Gasteiger partial charge < -0.3 is 15.8 Å². The number of halogens is 1. The molecule has 0 spiro atoms. The predicted molar refractivity (Wildman–Crippen MR) is 81.3 cm³/mol. The van der Waals surface area contributed by atoms with Crippen molar-refractivity contribution in [2.75, 3.05) is 17.7 Å². The van der Waals surface area contributed by atoms with Crippen molar-refractivity contribution in [3.8, 4) is 5.88 Å². The second-order valence-corrected chi connectivity index (χ2v) is 4.82. The molecule has 0 radical (unpaired) electrons. The van der Waals surface area contributed by atoms with Crippen LogP contribution in [0.1, 0.15) is 12.5 Å². The molecule has 0 amide bonds. The maximum atomic E-state index is 5.78. The molecule has 0 saturated carbocycles. The average molecular weight is 322 g/mol. The molecule has 1 aromatic heterocycles. The van der Waals surface area contributed by atoms with Crippen molar-refractivity contribution >= 4 is 27.4 Å². The number of rotatable bonds is 5. The van der Waals surface area contributed by atoms with Crippen LogP contribution in [0.3, 0.4) is 0 Å². The highest BCUT2D eigenvalue weighted by Gasteiger charge is 2.04. The highest BCUT2D eigenvalue weighted by molar-refractivity contribution is 9.10. The van der Waals surface area contributed by atoms with E-state index in [9.17, 15) is 0 Å². The van der Waals surface area contributed by atoms with Crippen molar-refractivity contribution in [2.24, 2.45) is 0 Å². The fourth-order valence-corrected chi connectivity index (χ4v) is 2.05. The van der Waals surface area contributed by atoms with Gasteiger partial charge in [-0.05, 0) is 30.7 Å². The molecule has 0 fully saturated rings. The van der Waals surface area contributed by atoms with Gasteiger partial charge in [0.05, 0.1) is 12.3 Å². The highest BCUT2D eigenvalue weighted by Crippen LogP contribution is 2.22. The summed E-state index contributed by atoms with van der Waals surface area (Å²) in [5.41, 5.74) is 7.50. The van der Waals surface area contributed by atoms with Gasteiger partial charge in [0.15, 0.2) is 0 Å². The summed E-state index contributed by atoms with van der Waals surface area (Å²) >= 11 is 3.52. The largest absolute Gasteiger partial charge is 0.476 e. The summed E-state index contributed by atoms with van der Waals surface area (Å²) in [6.45, 7) is 3.14. The molecule has 5 heteroatoms. The molecule has 0 atom stereocenters. The summed E-state index contributed by atoms with van der Waals surface area (Å²) in [6, 6.07) is 11.7. The van der Waals surface area contributed by atoms with Crippen molar-refractivity contribution in [3.63, 3.8) is 0 Å². The normalized spacial score (nSPS) is 10.2. The van der Waals surface area contributed by atoms with Crippen LogP contribution in [0.25, 0.3) is 0 Å². The van der Waals surface area contributed by atoms with Crippen LogP contribution in [0.5, 0.6) is 5.88 Å². The van der Waals surface area contributed by atoms with E-state index < -0.39 is 0 Å². The second-order valence-electron chi connectivity index (χ2n) is 3.97. The third-order valence-corrected chi connectivity index (χ3v) is 3.36. The number of anilines is 2. The van der Waals surface area contributed by atoms with Gasteiger partial charge in [0, 0.05) is 11.0 Å². The van der Waals surface area contributed by atoms with Gasteiger partial charge >= 0.3 is 0 Å². The number of benzene rings is 1. The maximum Gasteiger partial charge on any atom is 0.239 e. The first-order valence-corrected chi connectivity index (χ1v) is 6.86. The van der Waals surface area contributed by atoms with Crippen molar-refractivity contribution < 1.29 is 4.74 Å². The average Bonchev–Trinajstić information content (AvgIpc) is 2.41. The second kappa shape index (κ2) is 6.43. The van der Waals surface area contributed by atoms with Gasteiger partial charge in [0.25, 0.3) is 0 Å². The standard InChI is InChI=1S/C14H16BrN3O/c1-2-19-14-12(16)7-8-13(18-14)17-9-10-5-3-4-6-11(10)15/h3-8H,2,9,16H2,1H3,(H,17,18). The number of pyridine rings is 1. The first-order chi connectivity index (χ1) is 9.20. The van der Waals surface area contributed by atoms with Crippen LogP contribution in [0.4, 0.5) is 11.5 Å². The lowest BCUT2D eigenvalue weighted by Crippen LogP contribution is -2.05. The minimum absolute atomic E-state index is 0.472. The minimum atomic E-state index is 0.472. The van der Waals surface area contributed by atoms with Crippen LogP contribution in [-0.2, 0) is 6.54 Å². The van der Waals surface area contributed by atoms with Crippen molar-refractivity contribution in [2.45, 2.75) is 13.5 Å². The fourth-order valence-electron chi connectivity index (χ4n) is 1.63. The third-order valence-electron chi connectivity index (χ3n) is 2.59. The molecule has 1 aromatic carbocycles. The zero-order chi connectivity index (χ0) is 13.7. The molecule has 3 N–H and O–H groups in total. The molecule has 2 aromatic rings. The Bertz CT molecular complexity index is 560. The third kappa shape index (κ3) is 3.61. The Hall–Kier alpha value is -1.75. The molecule has 100 valence electrons. The SMILES string of the molecule is CCOc1nc(NCc2ccccc2Br)ccc1N. The van der Waals surface area contributed by atoms with Crippen LogP contribution >= 0.6 is 15.9 Å². The number of ether oxygens (including phenoxy) is 1. The number of nitrogens with one attached hydrogen (secondary N) is 1. The molecule has 0 unspecified atom stereocenters. The van der Waals surface area contributed by atoms with E-state index in [1.807, 2.05) is 31.2 Å². The van der Waals surface area contributed by atoms with Crippen LogP contribution < -0.4 is 15.8 Å². The number of hydrogen-bond acceptors (Lipinski definition) is 4. The van der Waals surface area contributed by atoms with Gasteiger partial charge in [0.2, 0.25) is 5.88 Å². The lowest BCUT2D eigenvalue weighted by Gasteiger charge is -2.10. The Morgan fingerprint density at radius 1 is 1.26 bits per heavy atom. The molecule has 0 aliphatic heterocycles. The molecule has 0 saturated heterocycles. The summed E-state index contributed by atoms with van der Waals surface area (Å²) in [6.07, 6.45) is 0. The smallest absolute Gasteiger partial charge is 0.239 e. The topological polar surface area (TPSA) is 60.2 Å². The van der Waals surface area contributed by atoms with Crippen molar-refractivity contribution in [1.82, 2.24) is 4.98 Å². The molecule has 0 aliphatic rings. The first-order valence-electron chi connectivity index (χ1n) is 6.07. The Morgan fingerprint density at radius 3 is 2.79 bits per heavy atom. The zero-order valence-electron chi connectivity index (χ0n) is 10.7. The number of hydrogen-bond donors (Lipinski definition) is 2. The zero-order valence-corrected chi connectivity index (χ0v) is 12.3. The van der Waals surface area contributed by atoms with Crippen LogP contribution in [0.2, 0.25) is 0 Å². The van der Waals surface area contributed by atoms with Gasteiger partial charge in [-0.25, -0.2) is 0 Å². The van der Waals surface area contributed by atoms with Crippen molar-refractivity contribution in [3.05, 3.63) is 46.4 Å². The predicted octanol–water partition coefficient (Wildman–Crippen LogP) is 3.44. The Kier molecular flexibility index (Phi) is 4.63. The highest BCUT2D eigenvalue weighted by atomic mass is 79.9. The van der Waals surface area contributed by atoms with Gasteiger partial charge in [-0.3, -0.25) is 0 Å². The van der Waals surface area contributed by atoms with E-state index in [4.69, 9.17) is 10.5 Å². The van der Waals surface area contributed by atoms with E-state index in [-0.39, 0.29) is 0 Å². The summed E-state index contributed by atoms with van der Waals surface area (Å²) in [7, 11) is 0. The Morgan fingerprint density at radius 2 is 2.05 bits per heavy atom. The van der Waals surface area contributed by atoms with E-state index in [0.717, 1.165) is 10.3 Å². The van der Waals surface area contributed by atoms with Crippen LogP contribution in [-0.4, -0.2) is 11.6 Å². The molecular formula is C14H16BrN3O. The lowest BCUT2D eigenvalue weighted by atomic mass is 10.2. The van der Waals surface area contributed by atoms with Gasteiger partial charge in [-0.2, -0.15) is 4.98 Å². The number of aromatic nitrogens is 1. The summed E-state index contributed by atoms with van der Waals surface area (Å²) in [4.78, 5) is 4.33. The van der Waals surface area contributed by atoms with E-state index in [1.54, 1.807) is 6.07 Å². The van der Waals surface area contributed by atoms with Gasteiger partial charge in [0.1, 0.15) is 5.82 Å². The van der Waals surface area contributed by atoms with Gasteiger partial charge in [-0.15, -0.1) is 0 Å². The number of nitrogens with zero attached hydrogens (tertiary/aromatic N) is 1. The molecule has 0 aliphatic carbocycles. The van der Waals surface area contributed by atoms with Gasteiger partial charge in [-0.1, -0.05) is 34.1 Å². The van der Waals surface area contributed by atoms with Crippen molar-refractivity contribution in [1.29, 1.82) is 0 Å². The van der Waals surface area contributed by atoms with Crippen LogP contribution in [0.15, 0.2) is 40.9 Å². The number of nitrogens with two attached hydrogens (primary N) is 1. The fraction of sp³-hybridized carbons (Fsp3) is 0.214. The molecule has 2 rings (SSSR count). The maximum absolute atomic E-state index is 5.78. The summed E-state index contributed by atoms with van der Waals surface area (Å²) in [5.74, 6) is 1.22. The monoisotopic (exact) mass is 321 g/mol. The lowest BCUT2D eigenvalue weighted by molar-refractivity contribution is 0.329. The Balaban J connectivity index is 2.07. The molecule has 19 heavy (non-hydrogen) atoms. The van der Waals surface area contributed by atoms with E-state index in [2.05, 4.69) is 32.3 Å². The van der Waals surface area contributed by atoms with E-state index in [1.165, 1.54) is 5.56 Å². The molecule has 1 heterocycles. The molecule has 0 bridgehead atoms. The quantitative estimate of drug-likeness (QED) is 0.885. The number of nitrogen functional groups attached to an aromatic ring is 1. The first kappa shape index (κ1) is 13.7. The molecular weight excluding hydrogens is 306 g/mol. The minimum Gasteiger partial charge on any atom is -0.476 e. The van der Waals surface area contributed by atoms with E-state index in [0.29, 0.717) is 24.7 Å². The summed E-state index contributed by atoms with van der Waals surface area (Å²) < 4.78 is 6.44. The van der Waals surface area contributed by atoms with E-state index >= 15 is 0 Å². The van der Waals surface area contributed by atoms with Crippen LogP contribution in [0, 0.1) is 0 Å². The molecule has 4 nitrogen and oxygen atoms in total. The summed E-state index contributed by atoms with van der Waals surface area (Å²) in [5, 5.41) is 3.25. The Labute approximate surface area is 121 Å².